The number of halogens is 3. The SMILES string of the molecule is O=C(O)CCC(Cl)c1cc(Br)c(Cl)s1. The Morgan fingerprint density at radius 1 is 1.71 bits per heavy atom. The van der Waals surface area contributed by atoms with Crippen molar-refractivity contribution in [1.29, 1.82) is 0 Å². The molecule has 0 saturated heterocycles. The molecule has 0 aromatic carbocycles. The number of carbonyl (C=O) groups is 1. The average molecular weight is 318 g/mol. The van der Waals surface area contributed by atoms with Gasteiger partial charge >= 0.3 is 5.97 Å². The van der Waals surface area contributed by atoms with Gasteiger partial charge in [0.25, 0.3) is 0 Å². The number of alkyl halides is 1. The summed E-state index contributed by atoms with van der Waals surface area (Å²) >= 11 is 16.5. The summed E-state index contributed by atoms with van der Waals surface area (Å²) in [4.78, 5) is 11.2. The smallest absolute Gasteiger partial charge is 0.303 e. The third-order valence-electron chi connectivity index (χ3n) is 1.58. The minimum atomic E-state index is -0.836. The van der Waals surface area contributed by atoms with Gasteiger partial charge in [0.05, 0.1) is 5.38 Å². The van der Waals surface area contributed by atoms with Crippen LogP contribution in [0.25, 0.3) is 0 Å². The number of carboxylic acids is 1. The minimum absolute atomic E-state index is 0.0707. The number of hydrogen-bond acceptors (Lipinski definition) is 2. The molecule has 0 aliphatic carbocycles. The van der Waals surface area contributed by atoms with Crippen molar-refractivity contribution in [2.24, 2.45) is 0 Å². The van der Waals surface area contributed by atoms with Crippen LogP contribution in [-0.4, -0.2) is 11.1 Å². The van der Waals surface area contributed by atoms with E-state index in [0.29, 0.717) is 10.8 Å². The van der Waals surface area contributed by atoms with Gasteiger partial charge in [0, 0.05) is 15.8 Å². The maximum absolute atomic E-state index is 10.3. The molecule has 1 aromatic heterocycles. The molecule has 0 bridgehead atoms. The Morgan fingerprint density at radius 2 is 2.36 bits per heavy atom. The molecular weight excluding hydrogens is 311 g/mol. The predicted octanol–water partition coefficient (Wildman–Crippen LogP) is 4.31. The van der Waals surface area contributed by atoms with Gasteiger partial charge in [0.2, 0.25) is 0 Å². The van der Waals surface area contributed by atoms with E-state index in [1.54, 1.807) is 0 Å². The van der Waals surface area contributed by atoms with Crippen LogP contribution in [0.15, 0.2) is 10.5 Å². The monoisotopic (exact) mass is 316 g/mol. The second kappa shape index (κ2) is 5.35. The third-order valence-corrected chi connectivity index (χ3v) is 4.76. The van der Waals surface area contributed by atoms with E-state index < -0.39 is 5.97 Å². The summed E-state index contributed by atoms with van der Waals surface area (Å²) in [5, 5.41) is 8.20. The van der Waals surface area contributed by atoms with Crippen LogP contribution in [0.3, 0.4) is 0 Å². The second-order valence-electron chi connectivity index (χ2n) is 2.67. The van der Waals surface area contributed by atoms with Gasteiger partial charge in [-0.05, 0) is 28.4 Å². The largest absolute Gasteiger partial charge is 0.481 e. The first-order chi connectivity index (χ1) is 6.50. The van der Waals surface area contributed by atoms with Gasteiger partial charge in [0.15, 0.2) is 0 Å². The molecule has 1 aromatic rings. The molecule has 1 unspecified atom stereocenters. The standard InChI is InChI=1S/C8H7BrCl2O2S/c9-4-3-6(14-8(4)11)5(10)1-2-7(12)13/h3,5H,1-2H2,(H,12,13). The minimum Gasteiger partial charge on any atom is -0.481 e. The first-order valence-corrected chi connectivity index (χ1v) is 6.23. The fraction of sp³-hybridized carbons (Fsp3) is 0.375. The van der Waals surface area contributed by atoms with Crippen LogP contribution in [0.4, 0.5) is 0 Å². The number of rotatable bonds is 4. The topological polar surface area (TPSA) is 37.3 Å². The molecule has 14 heavy (non-hydrogen) atoms. The molecule has 1 heterocycles. The molecule has 2 nitrogen and oxygen atoms in total. The van der Waals surface area contributed by atoms with E-state index in [4.69, 9.17) is 28.3 Å². The Balaban J connectivity index is 2.60. The fourth-order valence-corrected chi connectivity index (χ4v) is 2.96. The molecule has 0 fully saturated rings. The van der Waals surface area contributed by atoms with Gasteiger partial charge in [-0.2, -0.15) is 0 Å². The van der Waals surface area contributed by atoms with Crippen LogP contribution in [-0.2, 0) is 4.79 Å². The lowest BCUT2D eigenvalue weighted by atomic mass is 10.2. The predicted molar refractivity (Wildman–Crippen MR) is 62.5 cm³/mol. The van der Waals surface area contributed by atoms with Gasteiger partial charge in [-0.15, -0.1) is 22.9 Å². The summed E-state index contributed by atoms with van der Waals surface area (Å²) in [6.45, 7) is 0. The van der Waals surface area contributed by atoms with Crippen molar-refractivity contribution in [1.82, 2.24) is 0 Å². The van der Waals surface area contributed by atoms with Crippen LogP contribution >= 0.6 is 50.5 Å². The molecule has 0 amide bonds. The number of carboxylic acid groups (broad SMARTS) is 1. The highest BCUT2D eigenvalue weighted by atomic mass is 79.9. The zero-order valence-electron chi connectivity index (χ0n) is 6.97. The van der Waals surface area contributed by atoms with Crippen molar-refractivity contribution in [3.63, 3.8) is 0 Å². The van der Waals surface area contributed by atoms with E-state index in [1.165, 1.54) is 11.3 Å². The van der Waals surface area contributed by atoms with Crippen molar-refractivity contribution < 1.29 is 9.90 Å². The lowest BCUT2D eigenvalue weighted by Crippen LogP contribution is -1.96. The quantitative estimate of drug-likeness (QED) is 0.840. The van der Waals surface area contributed by atoms with E-state index in [9.17, 15) is 4.79 Å². The summed E-state index contributed by atoms with van der Waals surface area (Å²) in [5.74, 6) is -0.836. The molecule has 78 valence electrons. The second-order valence-corrected chi connectivity index (χ2v) is 5.74. The fourth-order valence-electron chi connectivity index (χ4n) is 0.910. The first-order valence-electron chi connectivity index (χ1n) is 3.81. The summed E-state index contributed by atoms with van der Waals surface area (Å²) in [7, 11) is 0. The molecule has 6 heteroatoms. The van der Waals surface area contributed by atoms with E-state index in [1.807, 2.05) is 6.07 Å². The Labute approximate surface area is 104 Å². The Kier molecular flexibility index (Phi) is 4.70. The van der Waals surface area contributed by atoms with E-state index >= 15 is 0 Å². The van der Waals surface area contributed by atoms with Crippen molar-refractivity contribution in [2.75, 3.05) is 0 Å². The van der Waals surface area contributed by atoms with Crippen molar-refractivity contribution in [3.05, 3.63) is 19.8 Å². The summed E-state index contributed by atoms with van der Waals surface area (Å²) in [5.41, 5.74) is 0. The van der Waals surface area contributed by atoms with Crippen molar-refractivity contribution >= 4 is 56.4 Å². The van der Waals surface area contributed by atoms with Gasteiger partial charge in [-0.1, -0.05) is 11.6 Å². The number of hydrogen-bond donors (Lipinski definition) is 1. The summed E-state index contributed by atoms with van der Waals surface area (Å²) < 4.78 is 1.45. The van der Waals surface area contributed by atoms with Gasteiger partial charge < -0.3 is 5.11 Å². The Bertz CT molecular complexity index is 321. The van der Waals surface area contributed by atoms with Crippen molar-refractivity contribution in [2.45, 2.75) is 18.2 Å². The molecule has 0 aliphatic rings. The van der Waals surface area contributed by atoms with Gasteiger partial charge in [-0.3, -0.25) is 4.79 Å². The lowest BCUT2D eigenvalue weighted by molar-refractivity contribution is -0.137. The van der Waals surface area contributed by atoms with Crippen molar-refractivity contribution in [3.8, 4) is 0 Å². The maximum Gasteiger partial charge on any atom is 0.303 e. The third kappa shape index (κ3) is 3.42. The molecule has 1 atom stereocenters. The van der Waals surface area contributed by atoms with Crippen LogP contribution < -0.4 is 0 Å². The molecule has 0 aliphatic heterocycles. The highest BCUT2D eigenvalue weighted by molar-refractivity contribution is 9.10. The van der Waals surface area contributed by atoms with E-state index in [0.717, 1.165) is 9.35 Å². The summed E-state index contributed by atoms with van der Waals surface area (Å²) in [6, 6.07) is 1.83. The van der Waals surface area contributed by atoms with E-state index in [-0.39, 0.29) is 11.8 Å². The lowest BCUT2D eigenvalue weighted by Gasteiger charge is -2.03. The summed E-state index contributed by atoms with van der Waals surface area (Å²) in [6.07, 6.45) is 0.488. The molecule has 0 saturated carbocycles. The molecule has 0 spiro atoms. The Morgan fingerprint density at radius 3 is 2.79 bits per heavy atom. The first kappa shape index (κ1) is 12.3. The van der Waals surface area contributed by atoms with E-state index in [2.05, 4.69) is 15.9 Å². The van der Waals surface area contributed by atoms with Crippen LogP contribution in [0.1, 0.15) is 23.1 Å². The highest BCUT2D eigenvalue weighted by Gasteiger charge is 2.14. The highest BCUT2D eigenvalue weighted by Crippen LogP contribution is 2.38. The zero-order chi connectivity index (χ0) is 10.7. The Hall–Kier alpha value is 0.230. The van der Waals surface area contributed by atoms with Crippen LogP contribution in [0, 0.1) is 0 Å². The number of thiophene rings is 1. The molecule has 1 rings (SSSR count). The van der Waals surface area contributed by atoms with Gasteiger partial charge in [0.1, 0.15) is 4.34 Å². The zero-order valence-corrected chi connectivity index (χ0v) is 10.9. The maximum atomic E-state index is 10.3. The van der Waals surface area contributed by atoms with Crippen LogP contribution in [0.2, 0.25) is 4.34 Å². The number of aliphatic carboxylic acids is 1. The molecular formula is C8H7BrCl2O2S. The molecule has 1 N–H and O–H groups in total. The van der Waals surface area contributed by atoms with Gasteiger partial charge in [-0.25, -0.2) is 0 Å². The average Bonchev–Trinajstić information content (AvgIpc) is 2.43. The normalized spacial score (nSPS) is 12.8. The molecule has 0 radical (unpaired) electrons. The van der Waals surface area contributed by atoms with Crippen LogP contribution in [0.5, 0.6) is 0 Å².